The van der Waals surface area contributed by atoms with E-state index in [4.69, 9.17) is 0 Å². The first-order valence-electron chi connectivity index (χ1n) is 6.47. The largest absolute Gasteiger partial charge is 0.0683 e. The lowest BCUT2D eigenvalue weighted by Gasteiger charge is -2.57. The summed E-state index contributed by atoms with van der Waals surface area (Å²) < 4.78 is 0. The molecule has 0 nitrogen and oxygen atoms in total. The van der Waals surface area contributed by atoms with Gasteiger partial charge >= 0.3 is 0 Å². The van der Waals surface area contributed by atoms with E-state index < -0.39 is 0 Å². The summed E-state index contributed by atoms with van der Waals surface area (Å²) in [5.41, 5.74) is 0. The summed E-state index contributed by atoms with van der Waals surface area (Å²) in [5.74, 6) is 4.92. The summed E-state index contributed by atoms with van der Waals surface area (Å²) in [4.78, 5) is 0. The Morgan fingerprint density at radius 3 is 1.15 bits per heavy atom. The summed E-state index contributed by atoms with van der Waals surface area (Å²) >= 11 is 0. The van der Waals surface area contributed by atoms with Gasteiger partial charge in [0, 0.05) is 0 Å². The molecular weight excluding hydrogens is 156 g/mol. The Bertz CT molecular complexity index is 123. The van der Waals surface area contributed by atoms with Crippen LogP contribution in [0.2, 0.25) is 0 Å². The molecule has 0 radical (unpaired) electrons. The van der Waals surface area contributed by atoms with Gasteiger partial charge in [-0.2, -0.15) is 0 Å². The second-order valence-corrected chi connectivity index (χ2v) is 4.16. The molecule has 3 rings (SSSR count). The molecule has 0 aromatic carbocycles. The molecule has 3 saturated carbocycles. The fourth-order valence-electron chi connectivity index (χ4n) is 3.55. The van der Waals surface area contributed by atoms with E-state index in [1.54, 1.807) is 32.1 Å². The summed E-state index contributed by atoms with van der Waals surface area (Å²) in [6.45, 7) is 8.00. The van der Waals surface area contributed by atoms with Crippen molar-refractivity contribution in [3.8, 4) is 0 Å². The Labute approximate surface area is 84.1 Å². The lowest BCUT2D eigenvalue weighted by atomic mass is 9.48. The minimum Gasteiger partial charge on any atom is -0.0683 e. The lowest BCUT2D eigenvalue weighted by Crippen LogP contribution is -2.50. The highest BCUT2D eigenvalue weighted by Crippen LogP contribution is 2.64. The number of hydrogen-bond acceptors (Lipinski definition) is 0. The molecule has 78 valence electrons. The molecule has 0 aromatic heterocycles. The maximum absolute atomic E-state index is 2.00. The fraction of sp³-hybridized carbons (Fsp3) is 1.00. The summed E-state index contributed by atoms with van der Waals surface area (Å²) in [5, 5.41) is 0. The SMILES string of the molecule is C1CC2C(C1)C1CCC21.CC.CC. The molecule has 0 aliphatic heterocycles. The molecule has 0 amide bonds. The van der Waals surface area contributed by atoms with Crippen molar-refractivity contribution in [2.75, 3.05) is 0 Å². The number of hydrogen-bond donors (Lipinski definition) is 0. The predicted molar refractivity (Wildman–Crippen MR) is 59.7 cm³/mol. The third-order valence-electron chi connectivity index (χ3n) is 4.11. The summed E-state index contributed by atoms with van der Waals surface area (Å²) in [6, 6.07) is 0. The number of rotatable bonds is 0. The molecule has 13 heavy (non-hydrogen) atoms. The molecule has 0 heterocycles. The third-order valence-corrected chi connectivity index (χ3v) is 4.11. The Hall–Kier alpha value is 0. The fourth-order valence-corrected chi connectivity index (χ4v) is 3.55. The van der Waals surface area contributed by atoms with Gasteiger partial charge < -0.3 is 0 Å². The summed E-state index contributed by atoms with van der Waals surface area (Å²) in [7, 11) is 0. The van der Waals surface area contributed by atoms with Crippen LogP contribution >= 0.6 is 0 Å². The zero-order valence-electron chi connectivity index (χ0n) is 9.84. The minimum absolute atomic E-state index is 1.23. The molecule has 0 saturated heterocycles. The zero-order chi connectivity index (χ0) is 9.84. The van der Waals surface area contributed by atoms with E-state index in [9.17, 15) is 0 Å². The minimum atomic E-state index is 1.23. The van der Waals surface area contributed by atoms with Crippen molar-refractivity contribution in [3.05, 3.63) is 0 Å². The Kier molecular flexibility index (Phi) is 4.28. The van der Waals surface area contributed by atoms with Crippen LogP contribution < -0.4 is 0 Å². The van der Waals surface area contributed by atoms with Crippen LogP contribution in [0.5, 0.6) is 0 Å². The normalized spacial score (nSPS) is 43.4. The van der Waals surface area contributed by atoms with Crippen molar-refractivity contribution in [2.45, 2.75) is 59.8 Å². The molecule has 0 heteroatoms. The van der Waals surface area contributed by atoms with Gasteiger partial charge in [0.25, 0.3) is 0 Å². The predicted octanol–water partition coefficient (Wildman–Crippen LogP) is 4.49. The van der Waals surface area contributed by atoms with Crippen molar-refractivity contribution in [2.24, 2.45) is 23.7 Å². The van der Waals surface area contributed by atoms with Crippen LogP contribution in [0.4, 0.5) is 0 Å². The van der Waals surface area contributed by atoms with Crippen LogP contribution in [0, 0.1) is 23.7 Å². The van der Waals surface area contributed by atoms with Crippen LogP contribution in [0.1, 0.15) is 59.8 Å². The van der Waals surface area contributed by atoms with Gasteiger partial charge in [-0.1, -0.05) is 34.1 Å². The van der Waals surface area contributed by atoms with Gasteiger partial charge in [0.15, 0.2) is 0 Å². The maximum atomic E-state index is 2.00. The quantitative estimate of drug-likeness (QED) is 0.517. The van der Waals surface area contributed by atoms with E-state index in [1.807, 2.05) is 27.7 Å². The van der Waals surface area contributed by atoms with Crippen molar-refractivity contribution in [3.63, 3.8) is 0 Å². The van der Waals surface area contributed by atoms with Crippen molar-refractivity contribution >= 4 is 0 Å². The molecule has 0 spiro atoms. The molecule has 4 unspecified atom stereocenters. The van der Waals surface area contributed by atoms with E-state index in [-0.39, 0.29) is 0 Å². The van der Waals surface area contributed by atoms with E-state index >= 15 is 0 Å². The first-order valence-corrected chi connectivity index (χ1v) is 6.47. The molecule has 0 bridgehead atoms. The van der Waals surface area contributed by atoms with Crippen molar-refractivity contribution < 1.29 is 0 Å². The van der Waals surface area contributed by atoms with E-state index in [0.717, 1.165) is 0 Å². The van der Waals surface area contributed by atoms with Crippen LogP contribution in [0.25, 0.3) is 0 Å². The molecular formula is C13H26. The van der Waals surface area contributed by atoms with Crippen molar-refractivity contribution in [1.29, 1.82) is 0 Å². The molecule has 4 atom stereocenters. The van der Waals surface area contributed by atoms with Gasteiger partial charge in [0.2, 0.25) is 0 Å². The van der Waals surface area contributed by atoms with Gasteiger partial charge in [-0.25, -0.2) is 0 Å². The van der Waals surface area contributed by atoms with Crippen LogP contribution in [-0.2, 0) is 0 Å². The van der Waals surface area contributed by atoms with Crippen molar-refractivity contribution in [1.82, 2.24) is 0 Å². The zero-order valence-corrected chi connectivity index (χ0v) is 9.84. The standard InChI is InChI=1S/C9H14.2C2H6/c1-2-6-7(3-1)9-5-4-8(6)9;2*1-2/h6-9H,1-5H2;2*1-2H3. The first kappa shape index (κ1) is 11.1. The lowest BCUT2D eigenvalue weighted by molar-refractivity contribution is -0.0815. The molecule has 3 fully saturated rings. The average molecular weight is 182 g/mol. The Morgan fingerprint density at radius 1 is 0.538 bits per heavy atom. The van der Waals surface area contributed by atoms with E-state index in [1.165, 1.54) is 23.7 Å². The molecule has 0 N–H and O–H groups in total. The van der Waals surface area contributed by atoms with Gasteiger partial charge in [-0.3, -0.25) is 0 Å². The molecule has 3 aliphatic rings. The third kappa shape index (κ3) is 1.65. The second kappa shape index (κ2) is 5.02. The smallest absolute Gasteiger partial charge is 0.0352 e. The van der Waals surface area contributed by atoms with Gasteiger partial charge in [-0.15, -0.1) is 0 Å². The molecule has 0 aromatic rings. The van der Waals surface area contributed by atoms with Gasteiger partial charge in [0.1, 0.15) is 0 Å². The maximum Gasteiger partial charge on any atom is -0.0352 e. The monoisotopic (exact) mass is 182 g/mol. The topological polar surface area (TPSA) is 0 Å². The van der Waals surface area contributed by atoms with Gasteiger partial charge in [-0.05, 0) is 49.4 Å². The van der Waals surface area contributed by atoms with E-state index in [0.29, 0.717) is 0 Å². The van der Waals surface area contributed by atoms with Crippen LogP contribution in [0.3, 0.4) is 0 Å². The van der Waals surface area contributed by atoms with Gasteiger partial charge in [0.05, 0.1) is 0 Å². The number of fused-ring (bicyclic) bond motifs is 4. The Balaban J connectivity index is 0.000000191. The van der Waals surface area contributed by atoms with E-state index in [2.05, 4.69) is 0 Å². The van der Waals surface area contributed by atoms with Crippen LogP contribution in [-0.4, -0.2) is 0 Å². The first-order chi connectivity index (χ1) is 6.47. The highest BCUT2D eigenvalue weighted by Gasteiger charge is 2.56. The Morgan fingerprint density at radius 2 is 0.846 bits per heavy atom. The average Bonchev–Trinajstić information content (AvgIpc) is 2.56. The molecule has 3 aliphatic carbocycles. The van der Waals surface area contributed by atoms with Crippen LogP contribution in [0.15, 0.2) is 0 Å². The highest BCUT2D eigenvalue weighted by molar-refractivity contribution is 5.05. The summed E-state index contributed by atoms with van der Waals surface area (Å²) in [6.07, 6.45) is 7.91. The highest BCUT2D eigenvalue weighted by atomic mass is 14.6. The second-order valence-electron chi connectivity index (χ2n) is 4.16.